The fourth-order valence-electron chi connectivity index (χ4n) is 3.63. The van der Waals surface area contributed by atoms with Crippen molar-refractivity contribution >= 4 is 11.7 Å². The number of nitrogens with one attached hydrogen (secondary N) is 2. The molecule has 8 nitrogen and oxygen atoms in total. The molecule has 1 aromatic heterocycles. The van der Waals surface area contributed by atoms with Gasteiger partial charge in [0.1, 0.15) is 0 Å². The zero-order valence-corrected chi connectivity index (χ0v) is 15.6. The van der Waals surface area contributed by atoms with E-state index in [1.807, 2.05) is 26.8 Å². The zero-order chi connectivity index (χ0) is 19.6. The Morgan fingerprint density at radius 2 is 2.11 bits per heavy atom. The van der Waals surface area contributed by atoms with Crippen molar-refractivity contribution in [1.82, 2.24) is 20.4 Å². The smallest absolute Gasteiger partial charge is 0.315 e. The molecule has 0 unspecified atom stereocenters. The van der Waals surface area contributed by atoms with Crippen molar-refractivity contribution in [2.45, 2.75) is 39.2 Å². The first-order valence-corrected chi connectivity index (χ1v) is 8.96. The van der Waals surface area contributed by atoms with Gasteiger partial charge in [-0.1, -0.05) is 24.3 Å². The Labute approximate surface area is 158 Å². The van der Waals surface area contributed by atoms with Gasteiger partial charge in [0.05, 0.1) is 17.1 Å². The summed E-state index contributed by atoms with van der Waals surface area (Å²) in [5, 5.41) is 31.0. The average Bonchev–Trinajstić information content (AvgIpc) is 3.18. The van der Waals surface area contributed by atoms with Crippen LogP contribution in [-0.2, 0) is 0 Å². The minimum absolute atomic E-state index is 0.0365. The molecule has 3 N–H and O–H groups in total. The van der Waals surface area contributed by atoms with Gasteiger partial charge in [-0.3, -0.25) is 5.21 Å². The number of aryl methyl sites for hydroxylation is 1. The van der Waals surface area contributed by atoms with Crippen LogP contribution in [0.25, 0.3) is 5.69 Å². The number of amides is 2. The predicted octanol–water partition coefficient (Wildman–Crippen LogP) is 2.91. The highest BCUT2D eigenvalue weighted by Crippen LogP contribution is 2.35. The lowest BCUT2D eigenvalue weighted by Gasteiger charge is -2.24. The lowest BCUT2D eigenvalue weighted by molar-refractivity contribution is 0.239. The van der Waals surface area contributed by atoms with Crippen LogP contribution in [0.4, 0.5) is 10.5 Å². The molecular formula is C19H24N5O3-. The second kappa shape index (κ2) is 7.81. The van der Waals surface area contributed by atoms with Gasteiger partial charge in [-0.2, -0.15) is 5.10 Å². The Hall–Kier alpha value is -2.84. The van der Waals surface area contributed by atoms with Gasteiger partial charge in [0, 0.05) is 29.8 Å². The maximum atomic E-state index is 11.7. The van der Waals surface area contributed by atoms with Crippen LogP contribution in [0, 0.1) is 19.1 Å². The fourth-order valence-corrected chi connectivity index (χ4v) is 3.63. The van der Waals surface area contributed by atoms with E-state index in [0.29, 0.717) is 12.2 Å². The van der Waals surface area contributed by atoms with E-state index >= 15 is 0 Å². The van der Waals surface area contributed by atoms with Crippen LogP contribution in [0.1, 0.15) is 36.2 Å². The van der Waals surface area contributed by atoms with Crippen LogP contribution in [-0.4, -0.2) is 33.6 Å². The SMILES string of the molecule is CCNC(=O)N[C@@H]1C=C[C@@H](c2c(C)nn(-c3ccccc3N([O-])O)c2C)C1. The van der Waals surface area contributed by atoms with Gasteiger partial charge in [0.2, 0.25) is 0 Å². The van der Waals surface area contributed by atoms with E-state index in [2.05, 4.69) is 21.8 Å². The van der Waals surface area contributed by atoms with Gasteiger partial charge in [-0.25, -0.2) is 9.48 Å². The summed E-state index contributed by atoms with van der Waals surface area (Å²) in [6.07, 6.45) is 4.83. The number of carbonyl (C=O) groups is 1. The summed E-state index contributed by atoms with van der Waals surface area (Å²) in [4.78, 5) is 11.7. The van der Waals surface area contributed by atoms with Crippen LogP contribution in [0.5, 0.6) is 0 Å². The highest BCUT2D eigenvalue weighted by atomic mass is 16.8. The van der Waals surface area contributed by atoms with Crippen molar-refractivity contribution in [1.29, 1.82) is 0 Å². The highest BCUT2D eigenvalue weighted by Gasteiger charge is 2.27. The number of para-hydroxylation sites is 2. The van der Waals surface area contributed by atoms with Gasteiger partial charge in [-0.15, -0.1) is 0 Å². The first kappa shape index (κ1) is 18.9. The monoisotopic (exact) mass is 370 g/mol. The van der Waals surface area contributed by atoms with E-state index in [4.69, 9.17) is 0 Å². The number of hydrogen-bond acceptors (Lipinski definition) is 5. The largest absolute Gasteiger partial charge is 0.733 e. The predicted molar refractivity (Wildman–Crippen MR) is 103 cm³/mol. The average molecular weight is 370 g/mol. The Balaban J connectivity index is 1.86. The summed E-state index contributed by atoms with van der Waals surface area (Å²) in [6.45, 7) is 6.32. The molecule has 0 radical (unpaired) electrons. The van der Waals surface area contributed by atoms with E-state index in [1.54, 1.807) is 28.9 Å². The van der Waals surface area contributed by atoms with E-state index < -0.39 is 0 Å². The number of benzene rings is 1. The van der Waals surface area contributed by atoms with Gasteiger partial charge in [0.25, 0.3) is 0 Å². The van der Waals surface area contributed by atoms with Crippen molar-refractivity contribution < 1.29 is 10.0 Å². The molecule has 1 aliphatic rings. The molecule has 1 aromatic carbocycles. The van der Waals surface area contributed by atoms with E-state index in [9.17, 15) is 15.2 Å². The van der Waals surface area contributed by atoms with Crippen molar-refractivity contribution in [2.75, 3.05) is 11.8 Å². The van der Waals surface area contributed by atoms with Crippen molar-refractivity contribution in [2.24, 2.45) is 0 Å². The zero-order valence-electron chi connectivity index (χ0n) is 15.6. The molecule has 2 amide bonds. The molecule has 144 valence electrons. The number of allylic oxidation sites excluding steroid dienone is 1. The molecule has 1 heterocycles. The topological polar surface area (TPSA) is 105 Å². The summed E-state index contributed by atoms with van der Waals surface area (Å²) >= 11 is 0. The Morgan fingerprint density at radius 3 is 2.81 bits per heavy atom. The number of urea groups is 1. The van der Waals surface area contributed by atoms with Crippen LogP contribution in [0.15, 0.2) is 36.4 Å². The first-order chi connectivity index (χ1) is 12.9. The van der Waals surface area contributed by atoms with Crippen molar-refractivity contribution in [3.63, 3.8) is 0 Å². The molecule has 0 saturated heterocycles. The van der Waals surface area contributed by atoms with Crippen LogP contribution in [0.2, 0.25) is 0 Å². The number of hydrogen-bond donors (Lipinski definition) is 3. The lowest BCUT2D eigenvalue weighted by Crippen LogP contribution is -2.40. The minimum atomic E-state index is -0.177. The third-order valence-corrected chi connectivity index (χ3v) is 4.77. The van der Waals surface area contributed by atoms with Gasteiger partial charge in [-0.05, 0) is 39.3 Å². The Kier molecular flexibility index (Phi) is 5.48. The molecule has 2 aromatic rings. The Morgan fingerprint density at radius 1 is 1.37 bits per heavy atom. The van der Waals surface area contributed by atoms with Crippen LogP contribution in [0.3, 0.4) is 0 Å². The normalized spacial score (nSPS) is 18.6. The van der Waals surface area contributed by atoms with Crippen molar-refractivity contribution in [3.05, 3.63) is 58.6 Å². The molecule has 2 atom stereocenters. The summed E-state index contributed by atoms with van der Waals surface area (Å²) < 4.78 is 1.68. The molecule has 0 bridgehead atoms. The van der Waals surface area contributed by atoms with Gasteiger partial charge >= 0.3 is 6.03 Å². The number of rotatable bonds is 5. The maximum absolute atomic E-state index is 11.7. The molecule has 0 aliphatic heterocycles. The van der Waals surface area contributed by atoms with E-state index in [0.717, 1.165) is 23.4 Å². The molecule has 0 fully saturated rings. The van der Waals surface area contributed by atoms with E-state index in [1.165, 1.54) is 0 Å². The third-order valence-electron chi connectivity index (χ3n) is 4.77. The lowest BCUT2D eigenvalue weighted by atomic mass is 9.96. The Bertz CT molecular complexity index is 859. The fraction of sp³-hybridized carbons (Fsp3) is 0.368. The first-order valence-electron chi connectivity index (χ1n) is 8.96. The summed E-state index contributed by atoms with van der Waals surface area (Å²) in [7, 11) is 0. The van der Waals surface area contributed by atoms with Gasteiger partial charge < -0.3 is 21.1 Å². The maximum Gasteiger partial charge on any atom is 0.315 e. The van der Waals surface area contributed by atoms with Crippen LogP contribution >= 0.6 is 0 Å². The molecule has 1 aliphatic carbocycles. The standard InChI is InChI=1S/C19H24N5O3/c1-4-20-19(25)21-15-10-9-14(11-15)18-12(2)22-23(13(18)3)16-7-5-6-8-17(16)24(26)27/h5-10,14-15,26H,4,11H2,1-3H3,(H2,20,21,25)/q-1/t14-,15-/m1/s1. The summed E-state index contributed by atoms with van der Waals surface area (Å²) in [6, 6.07) is 6.54. The molecule has 3 rings (SSSR count). The summed E-state index contributed by atoms with van der Waals surface area (Å²) in [5.74, 6) is 0.121. The number of nitrogens with zero attached hydrogens (tertiary/aromatic N) is 3. The number of aromatic nitrogens is 2. The van der Waals surface area contributed by atoms with Gasteiger partial charge in [0.15, 0.2) is 0 Å². The number of carbonyl (C=O) groups excluding carboxylic acids is 1. The van der Waals surface area contributed by atoms with Crippen LogP contribution < -0.4 is 15.9 Å². The molecule has 8 heteroatoms. The summed E-state index contributed by atoms with van der Waals surface area (Å²) in [5.41, 5.74) is 3.46. The quantitative estimate of drug-likeness (QED) is 0.554. The third kappa shape index (κ3) is 3.81. The second-order valence-electron chi connectivity index (χ2n) is 6.60. The highest BCUT2D eigenvalue weighted by molar-refractivity contribution is 5.74. The number of anilines is 1. The molecule has 0 spiro atoms. The second-order valence-corrected chi connectivity index (χ2v) is 6.60. The molecule has 0 saturated carbocycles. The molecular weight excluding hydrogens is 346 g/mol. The minimum Gasteiger partial charge on any atom is -0.733 e. The van der Waals surface area contributed by atoms with Crippen molar-refractivity contribution in [3.8, 4) is 5.69 Å². The molecule has 27 heavy (non-hydrogen) atoms. The van der Waals surface area contributed by atoms with E-state index in [-0.39, 0.29) is 28.9 Å².